The SMILES string of the molecule is C[C@H](OC(=O)c1ccccc1)[C@H](C)[C@](Cc1ccc(OC(=O)C(C)(C)C)c(OC(=O)C(C)(C)C)c1)(NC(=O)OC(C)(C)C)C(=O)O. The minimum absolute atomic E-state index is 0.0412. The summed E-state index contributed by atoms with van der Waals surface area (Å²) in [6.45, 7) is 17.9. The van der Waals surface area contributed by atoms with Gasteiger partial charge in [-0.2, -0.15) is 0 Å². The smallest absolute Gasteiger partial charge is 0.408 e. The molecule has 0 saturated heterocycles. The van der Waals surface area contributed by atoms with Gasteiger partial charge in [0, 0.05) is 12.3 Å². The van der Waals surface area contributed by atoms with Gasteiger partial charge >= 0.3 is 30.0 Å². The number of alkyl carbamates (subject to hydrolysis) is 1. The van der Waals surface area contributed by atoms with Gasteiger partial charge in [0.2, 0.25) is 0 Å². The van der Waals surface area contributed by atoms with Crippen LogP contribution in [0, 0.1) is 16.7 Å². The first kappa shape index (κ1) is 37.8. The zero-order valence-electron chi connectivity index (χ0n) is 28.6. The van der Waals surface area contributed by atoms with Gasteiger partial charge < -0.3 is 29.4 Å². The fourth-order valence-corrected chi connectivity index (χ4v) is 4.10. The predicted molar refractivity (Wildman–Crippen MR) is 171 cm³/mol. The van der Waals surface area contributed by atoms with E-state index in [9.17, 15) is 29.1 Å². The monoisotopic (exact) mass is 641 g/mol. The summed E-state index contributed by atoms with van der Waals surface area (Å²) in [4.78, 5) is 64.8. The molecule has 0 aromatic heterocycles. The van der Waals surface area contributed by atoms with Crippen molar-refractivity contribution in [2.75, 3.05) is 0 Å². The average molecular weight is 642 g/mol. The van der Waals surface area contributed by atoms with Gasteiger partial charge in [0.05, 0.1) is 16.4 Å². The molecule has 0 heterocycles. The van der Waals surface area contributed by atoms with Crippen LogP contribution in [0.15, 0.2) is 48.5 Å². The first-order chi connectivity index (χ1) is 21.0. The number of aliphatic carboxylic acids is 1. The van der Waals surface area contributed by atoms with Crippen molar-refractivity contribution in [3.05, 3.63) is 59.7 Å². The van der Waals surface area contributed by atoms with E-state index in [1.54, 1.807) is 92.6 Å². The van der Waals surface area contributed by atoms with Gasteiger partial charge in [0.15, 0.2) is 17.0 Å². The third-order valence-corrected chi connectivity index (χ3v) is 7.01. The van der Waals surface area contributed by atoms with Crippen molar-refractivity contribution in [2.45, 2.75) is 99.8 Å². The Morgan fingerprint density at radius 3 is 1.76 bits per heavy atom. The quantitative estimate of drug-likeness (QED) is 0.221. The van der Waals surface area contributed by atoms with E-state index >= 15 is 0 Å². The zero-order valence-corrected chi connectivity index (χ0v) is 28.6. The lowest BCUT2D eigenvalue weighted by molar-refractivity contribution is -0.149. The fraction of sp³-hybridized carbons (Fsp3) is 0.514. The lowest BCUT2D eigenvalue weighted by atomic mass is 9.77. The van der Waals surface area contributed by atoms with Crippen molar-refractivity contribution >= 4 is 30.0 Å². The summed E-state index contributed by atoms with van der Waals surface area (Å²) in [7, 11) is 0. The molecule has 0 unspecified atom stereocenters. The minimum atomic E-state index is -2.09. The van der Waals surface area contributed by atoms with Crippen molar-refractivity contribution in [3.8, 4) is 11.5 Å². The third kappa shape index (κ3) is 10.3. The standard InChI is InChI=1S/C35H47NO10/c1-21(22(2)43-27(37)24-15-13-12-14-16-24)35(28(38)39,36-31(42)46-34(9,10)11)20-23-17-18-25(44-29(40)32(3,4)5)26(19-23)45-30(41)33(6,7)8/h12-19,21-22H,20H2,1-11H3,(H,36,42)(H,38,39)/t21-,22-,35-/m0/s1. The van der Waals surface area contributed by atoms with Crippen molar-refractivity contribution in [1.82, 2.24) is 5.32 Å². The molecule has 0 saturated carbocycles. The van der Waals surface area contributed by atoms with Crippen molar-refractivity contribution < 1.29 is 48.0 Å². The van der Waals surface area contributed by atoms with Crippen LogP contribution >= 0.6 is 0 Å². The van der Waals surface area contributed by atoms with Gasteiger partial charge in [0.25, 0.3) is 0 Å². The maximum Gasteiger partial charge on any atom is 0.408 e. The molecule has 46 heavy (non-hydrogen) atoms. The zero-order chi connectivity index (χ0) is 35.3. The van der Waals surface area contributed by atoms with E-state index in [0.29, 0.717) is 5.56 Å². The van der Waals surface area contributed by atoms with Crippen molar-refractivity contribution in [3.63, 3.8) is 0 Å². The molecule has 3 atom stereocenters. The molecule has 2 rings (SSSR count). The molecule has 0 aliphatic carbocycles. The Bertz CT molecular complexity index is 1430. The van der Waals surface area contributed by atoms with Gasteiger partial charge in [-0.05, 0) is 99.1 Å². The summed E-state index contributed by atoms with van der Waals surface area (Å²) in [5.41, 5.74) is -4.25. The first-order valence-corrected chi connectivity index (χ1v) is 15.0. The highest BCUT2D eigenvalue weighted by molar-refractivity contribution is 5.90. The second-order valence-corrected chi connectivity index (χ2v) is 14.4. The topological polar surface area (TPSA) is 155 Å². The molecule has 0 fully saturated rings. The normalized spacial score (nSPS) is 14.6. The van der Waals surface area contributed by atoms with Gasteiger partial charge in [-0.15, -0.1) is 0 Å². The number of ether oxygens (including phenoxy) is 4. The molecule has 11 nitrogen and oxygen atoms in total. The van der Waals surface area contributed by atoms with Crippen LogP contribution in [-0.2, 0) is 30.3 Å². The first-order valence-electron chi connectivity index (χ1n) is 15.0. The van der Waals surface area contributed by atoms with E-state index in [-0.39, 0.29) is 23.5 Å². The number of carboxylic acids is 1. The molecule has 2 aromatic rings. The van der Waals surface area contributed by atoms with Crippen LogP contribution < -0.4 is 14.8 Å². The Balaban J connectivity index is 2.63. The molecular formula is C35H47NO10. The van der Waals surface area contributed by atoms with E-state index in [1.807, 2.05) is 0 Å². The number of hydrogen-bond donors (Lipinski definition) is 2. The van der Waals surface area contributed by atoms with Crippen LogP contribution in [0.3, 0.4) is 0 Å². The summed E-state index contributed by atoms with van der Waals surface area (Å²) in [5, 5.41) is 13.3. The second-order valence-electron chi connectivity index (χ2n) is 14.4. The van der Waals surface area contributed by atoms with Crippen LogP contribution in [-0.4, -0.2) is 52.3 Å². The highest BCUT2D eigenvalue weighted by Crippen LogP contribution is 2.36. The van der Waals surface area contributed by atoms with E-state index in [2.05, 4.69) is 5.32 Å². The number of benzene rings is 2. The number of hydrogen-bond acceptors (Lipinski definition) is 9. The Morgan fingerprint density at radius 2 is 1.28 bits per heavy atom. The summed E-state index contributed by atoms with van der Waals surface area (Å²) >= 11 is 0. The van der Waals surface area contributed by atoms with Gasteiger partial charge in [-0.1, -0.05) is 31.2 Å². The average Bonchev–Trinajstić information content (AvgIpc) is 2.91. The molecule has 2 N–H and O–H groups in total. The molecular weight excluding hydrogens is 594 g/mol. The van der Waals surface area contributed by atoms with Crippen molar-refractivity contribution in [1.29, 1.82) is 0 Å². The van der Waals surface area contributed by atoms with E-state index in [4.69, 9.17) is 18.9 Å². The Kier molecular flexibility index (Phi) is 11.8. The van der Waals surface area contributed by atoms with Crippen LogP contribution in [0.25, 0.3) is 0 Å². The molecule has 0 radical (unpaired) electrons. The second kappa shape index (κ2) is 14.3. The van der Waals surface area contributed by atoms with Gasteiger partial charge in [-0.3, -0.25) is 9.59 Å². The molecule has 1 amide bonds. The number of carbonyl (C=O) groups is 5. The maximum atomic E-state index is 13.2. The summed E-state index contributed by atoms with van der Waals surface area (Å²) in [5.74, 6) is -4.47. The maximum absolute atomic E-state index is 13.2. The number of esters is 3. The molecule has 252 valence electrons. The molecule has 0 aliphatic rings. The highest BCUT2D eigenvalue weighted by atomic mass is 16.6. The Morgan fingerprint density at radius 1 is 0.761 bits per heavy atom. The molecule has 0 aliphatic heterocycles. The van der Waals surface area contributed by atoms with Gasteiger partial charge in [0.1, 0.15) is 11.7 Å². The fourth-order valence-electron chi connectivity index (χ4n) is 4.10. The number of carboxylic acid groups (broad SMARTS) is 1. The largest absolute Gasteiger partial charge is 0.479 e. The van der Waals surface area contributed by atoms with Crippen LogP contribution in [0.5, 0.6) is 11.5 Å². The summed E-state index contributed by atoms with van der Waals surface area (Å²) < 4.78 is 22.3. The number of nitrogens with one attached hydrogen (secondary N) is 1. The number of carbonyl (C=O) groups excluding carboxylic acids is 4. The highest BCUT2D eigenvalue weighted by Gasteiger charge is 2.49. The molecule has 2 aromatic carbocycles. The Labute approximate surface area is 270 Å². The van der Waals surface area contributed by atoms with Crippen LogP contribution in [0.1, 0.15) is 92.1 Å². The van der Waals surface area contributed by atoms with E-state index in [0.717, 1.165) is 0 Å². The number of rotatable bonds is 10. The van der Waals surface area contributed by atoms with E-state index < -0.39 is 64.0 Å². The Hall–Kier alpha value is -4.41. The third-order valence-electron chi connectivity index (χ3n) is 7.01. The van der Waals surface area contributed by atoms with Crippen molar-refractivity contribution in [2.24, 2.45) is 16.7 Å². The number of amides is 1. The van der Waals surface area contributed by atoms with Gasteiger partial charge in [-0.25, -0.2) is 14.4 Å². The molecule has 0 spiro atoms. The summed E-state index contributed by atoms with van der Waals surface area (Å²) in [6.07, 6.45) is -2.37. The van der Waals surface area contributed by atoms with E-state index in [1.165, 1.54) is 32.0 Å². The minimum Gasteiger partial charge on any atom is -0.479 e. The lowest BCUT2D eigenvalue weighted by Gasteiger charge is -2.39. The molecule has 0 bridgehead atoms. The van der Waals surface area contributed by atoms with Crippen LogP contribution in [0.4, 0.5) is 4.79 Å². The summed E-state index contributed by atoms with van der Waals surface area (Å²) in [6, 6.07) is 12.5. The predicted octanol–water partition coefficient (Wildman–Crippen LogP) is 6.36. The van der Waals surface area contributed by atoms with Crippen LogP contribution in [0.2, 0.25) is 0 Å². The lowest BCUT2D eigenvalue weighted by Crippen LogP contribution is -2.63. The molecule has 11 heteroatoms.